The van der Waals surface area contributed by atoms with E-state index in [9.17, 15) is 0 Å². The maximum Gasteiger partial charge on any atom is 0.122 e. The summed E-state index contributed by atoms with van der Waals surface area (Å²) in [5.41, 5.74) is 2.80. The standard InChI is InChI=1S/C18H23NOS/c1-4-19-18(16-11-12(2)21-13(16)3)15-9-10-20-17-8-6-5-7-14(15)17/h5-8,11,15,18-19H,4,9-10H2,1-3H3. The van der Waals surface area contributed by atoms with Crippen LogP contribution in [-0.2, 0) is 0 Å². The maximum atomic E-state index is 5.83. The van der Waals surface area contributed by atoms with E-state index in [0.29, 0.717) is 12.0 Å². The van der Waals surface area contributed by atoms with Crippen LogP contribution in [0, 0.1) is 13.8 Å². The Morgan fingerprint density at radius 1 is 1.33 bits per heavy atom. The molecule has 1 aliphatic heterocycles. The van der Waals surface area contributed by atoms with E-state index in [1.54, 1.807) is 0 Å². The number of ether oxygens (including phenoxy) is 1. The SMILES string of the molecule is CCNC(c1cc(C)sc1C)C1CCOc2ccccc21. The van der Waals surface area contributed by atoms with Crippen molar-refractivity contribution in [3.8, 4) is 5.75 Å². The lowest BCUT2D eigenvalue weighted by Gasteiger charge is -2.33. The number of aryl methyl sites for hydroxylation is 2. The van der Waals surface area contributed by atoms with Crippen molar-refractivity contribution in [1.29, 1.82) is 0 Å². The molecule has 0 saturated carbocycles. The number of para-hydroxylation sites is 1. The summed E-state index contributed by atoms with van der Waals surface area (Å²) in [7, 11) is 0. The monoisotopic (exact) mass is 301 g/mol. The van der Waals surface area contributed by atoms with Crippen molar-refractivity contribution in [2.45, 2.75) is 39.2 Å². The lowest BCUT2D eigenvalue weighted by molar-refractivity contribution is 0.246. The first-order valence-corrected chi connectivity index (χ1v) is 8.54. The van der Waals surface area contributed by atoms with Crippen LogP contribution in [0.4, 0.5) is 0 Å². The Morgan fingerprint density at radius 2 is 2.14 bits per heavy atom. The summed E-state index contributed by atoms with van der Waals surface area (Å²) in [6.07, 6.45) is 1.07. The Labute approximate surface area is 131 Å². The second-order valence-corrected chi connectivity index (χ2v) is 7.15. The maximum absolute atomic E-state index is 5.83. The van der Waals surface area contributed by atoms with Crippen LogP contribution < -0.4 is 10.1 Å². The largest absolute Gasteiger partial charge is 0.493 e. The van der Waals surface area contributed by atoms with Gasteiger partial charge in [0.05, 0.1) is 6.61 Å². The fourth-order valence-corrected chi connectivity index (χ4v) is 4.34. The number of thiophene rings is 1. The third kappa shape index (κ3) is 2.85. The van der Waals surface area contributed by atoms with Gasteiger partial charge in [-0.3, -0.25) is 0 Å². The summed E-state index contributed by atoms with van der Waals surface area (Å²) < 4.78 is 5.83. The Kier molecular flexibility index (Phi) is 4.32. The second kappa shape index (κ2) is 6.20. The molecule has 1 aromatic heterocycles. The van der Waals surface area contributed by atoms with Gasteiger partial charge >= 0.3 is 0 Å². The Morgan fingerprint density at radius 3 is 2.86 bits per heavy atom. The van der Waals surface area contributed by atoms with E-state index < -0.39 is 0 Å². The predicted molar refractivity (Wildman–Crippen MR) is 89.5 cm³/mol. The van der Waals surface area contributed by atoms with Crippen molar-refractivity contribution in [3.05, 3.63) is 51.2 Å². The van der Waals surface area contributed by atoms with Crippen molar-refractivity contribution < 1.29 is 4.74 Å². The molecule has 1 aromatic carbocycles. The normalized spacial score (nSPS) is 18.9. The fraction of sp³-hybridized carbons (Fsp3) is 0.444. The van der Waals surface area contributed by atoms with Gasteiger partial charge in [0.25, 0.3) is 0 Å². The fourth-order valence-electron chi connectivity index (χ4n) is 3.36. The number of benzene rings is 1. The van der Waals surface area contributed by atoms with Crippen LogP contribution in [-0.4, -0.2) is 13.2 Å². The molecule has 0 amide bonds. The van der Waals surface area contributed by atoms with Crippen molar-refractivity contribution in [2.75, 3.05) is 13.2 Å². The minimum Gasteiger partial charge on any atom is -0.493 e. The van der Waals surface area contributed by atoms with Gasteiger partial charge < -0.3 is 10.1 Å². The predicted octanol–water partition coefficient (Wildman–Crippen LogP) is 4.58. The smallest absolute Gasteiger partial charge is 0.122 e. The van der Waals surface area contributed by atoms with E-state index in [4.69, 9.17) is 4.74 Å². The van der Waals surface area contributed by atoms with E-state index in [2.05, 4.69) is 56.4 Å². The van der Waals surface area contributed by atoms with Crippen molar-refractivity contribution in [1.82, 2.24) is 5.32 Å². The molecule has 0 aliphatic carbocycles. The third-order valence-corrected chi connectivity index (χ3v) is 5.23. The molecule has 3 rings (SSSR count). The van der Waals surface area contributed by atoms with Crippen LogP contribution >= 0.6 is 11.3 Å². The number of likely N-dealkylation sites (N-methyl/N-ethyl adjacent to an activating group) is 1. The molecular formula is C18H23NOS. The summed E-state index contributed by atoms with van der Waals surface area (Å²) in [4.78, 5) is 2.83. The van der Waals surface area contributed by atoms with Gasteiger partial charge in [0.15, 0.2) is 0 Å². The van der Waals surface area contributed by atoms with Crippen LogP contribution in [0.15, 0.2) is 30.3 Å². The van der Waals surface area contributed by atoms with Gasteiger partial charge in [0.2, 0.25) is 0 Å². The topological polar surface area (TPSA) is 21.3 Å². The highest BCUT2D eigenvalue weighted by molar-refractivity contribution is 7.12. The lowest BCUT2D eigenvalue weighted by Crippen LogP contribution is -2.30. The molecule has 1 N–H and O–H groups in total. The minimum absolute atomic E-state index is 0.380. The zero-order valence-corrected chi connectivity index (χ0v) is 13.8. The number of rotatable bonds is 4. The molecule has 112 valence electrons. The highest BCUT2D eigenvalue weighted by Crippen LogP contribution is 2.43. The molecule has 2 nitrogen and oxygen atoms in total. The van der Waals surface area contributed by atoms with Crippen molar-refractivity contribution in [2.24, 2.45) is 0 Å². The zero-order chi connectivity index (χ0) is 14.8. The Hall–Kier alpha value is -1.32. The molecule has 0 spiro atoms. The van der Waals surface area contributed by atoms with Crippen molar-refractivity contribution >= 4 is 11.3 Å². The van der Waals surface area contributed by atoms with E-state index in [1.807, 2.05) is 11.3 Å². The molecule has 1 aliphatic rings. The average molecular weight is 301 g/mol. The van der Waals surface area contributed by atoms with Gasteiger partial charge in [0, 0.05) is 21.7 Å². The van der Waals surface area contributed by atoms with Gasteiger partial charge in [0.1, 0.15) is 5.75 Å². The van der Waals surface area contributed by atoms with Crippen LogP contribution in [0.3, 0.4) is 0 Å². The zero-order valence-electron chi connectivity index (χ0n) is 13.0. The third-order valence-electron chi connectivity index (χ3n) is 4.25. The second-order valence-electron chi connectivity index (χ2n) is 5.69. The summed E-state index contributed by atoms with van der Waals surface area (Å²) >= 11 is 1.90. The molecule has 2 aromatic rings. The summed E-state index contributed by atoms with van der Waals surface area (Å²) in [5.74, 6) is 1.55. The van der Waals surface area contributed by atoms with E-state index in [-0.39, 0.29) is 0 Å². The molecule has 21 heavy (non-hydrogen) atoms. The van der Waals surface area contributed by atoms with Gasteiger partial charge in [-0.15, -0.1) is 11.3 Å². The van der Waals surface area contributed by atoms with E-state index >= 15 is 0 Å². The van der Waals surface area contributed by atoms with Gasteiger partial charge in [-0.1, -0.05) is 25.1 Å². The lowest BCUT2D eigenvalue weighted by atomic mass is 9.83. The number of hydrogen-bond acceptors (Lipinski definition) is 3. The van der Waals surface area contributed by atoms with Gasteiger partial charge in [-0.05, 0) is 50.1 Å². The summed E-state index contributed by atoms with van der Waals surface area (Å²) in [6, 6.07) is 11.2. The van der Waals surface area contributed by atoms with Crippen LogP contribution in [0.1, 0.15) is 46.2 Å². The molecule has 2 atom stereocenters. The van der Waals surface area contributed by atoms with Crippen LogP contribution in [0.25, 0.3) is 0 Å². The first kappa shape index (κ1) is 14.6. The molecule has 2 heterocycles. The summed E-state index contributed by atoms with van der Waals surface area (Å²) in [5, 5.41) is 3.71. The molecule has 0 radical (unpaired) electrons. The van der Waals surface area contributed by atoms with Gasteiger partial charge in [-0.2, -0.15) is 0 Å². The van der Waals surface area contributed by atoms with Crippen molar-refractivity contribution in [3.63, 3.8) is 0 Å². The highest BCUT2D eigenvalue weighted by atomic mass is 32.1. The summed E-state index contributed by atoms with van der Waals surface area (Å²) in [6.45, 7) is 8.42. The first-order valence-electron chi connectivity index (χ1n) is 7.72. The minimum atomic E-state index is 0.380. The number of nitrogens with one attached hydrogen (secondary N) is 1. The van der Waals surface area contributed by atoms with Gasteiger partial charge in [-0.25, -0.2) is 0 Å². The average Bonchev–Trinajstić information content (AvgIpc) is 2.83. The molecule has 3 heteroatoms. The first-order chi connectivity index (χ1) is 10.2. The molecule has 0 saturated heterocycles. The molecule has 0 fully saturated rings. The molecule has 0 bridgehead atoms. The van der Waals surface area contributed by atoms with Crippen LogP contribution in [0.2, 0.25) is 0 Å². The number of fused-ring (bicyclic) bond motifs is 1. The Bertz CT molecular complexity index is 619. The van der Waals surface area contributed by atoms with E-state index in [0.717, 1.165) is 25.3 Å². The Balaban J connectivity index is 2.01. The molecule has 2 unspecified atom stereocenters. The van der Waals surface area contributed by atoms with Crippen LogP contribution in [0.5, 0.6) is 5.75 Å². The highest BCUT2D eigenvalue weighted by Gasteiger charge is 2.30. The molecular weight excluding hydrogens is 278 g/mol. The number of hydrogen-bond donors (Lipinski definition) is 1. The van der Waals surface area contributed by atoms with E-state index in [1.165, 1.54) is 20.9 Å². The quantitative estimate of drug-likeness (QED) is 0.892.